The molecule has 0 bridgehead atoms. The number of nitrogens with one attached hydrogen (secondary N) is 1. The zero-order chi connectivity index (χ0) is 10.7. The Hall–Kier alpha value is -0.440. The number of aromatic nitrogens is 2. The summed E-state index contributed by atoms with van der Waals surface area (Å²) in [7, 11) is 0. The van der Waals surface area contributed by atoms with E-state index in [-0.39, 0.29) is 0 Å². The number of anilines is 2. The third-order valence-electron chi connectivity index (χ3n) is 1.70. The molecule has 1 aromatic carbocycles. The average Bonchev–Trinajstić information content (AvgIpc) is 2.22. The molecule has 0 aliphatic carbocycles. The van der Waals surface area contributed by atoms with Crippen LogP contribution in [-0.2, 0) is 0 Å². The molecule has 0 spiro atoms. The first kappa shape index (κ1) is 11.1. The predicted molar refractivity (Wildman–Crippen MR) is 77.2 cm³/mol. The van der Waals surface area contributed by atoms with E-state index >= 15 is 0 Å². The fraction of sp³-hybridized carbons (Fsp3) is 0. The highest BCUT2D eigenvalue weighted by molar-refractivity contribution is 14.1. The van der Waals surface area contributed by atoms with Crippen LogP contribution in [0.1, 0.15) is 0 Å². The molecule has 0 fully saturated rings. The van der Waals surface area contributed by atoms with Crippen LogP contribution in [0.3, 0.4) is 0 Å². The van der Waals surface area contributed by atoms with Crippen molar-refractivity contribution in [1.29, 1.82) is 0 Å². The number of hydrogen-bond donors (Lipinski definition) is 1. The third-order valence-corrected chi connectivity index (χ3v) is 2.93. The first-order chi connectivity index (χ1) is 7.24. The van der Waals surface area contributed by atoms with Crippen LogP contribution in [-0.4, -0.2) is 9.97 Å². The highest BCUT2D eigenvalue weighted by Gasteiger charge is 1.97. The van der Waals surface area contributed by atoms with Crippen molar-refractivity contribution in [3.05, 3.63) is 43.8 Å². The van der Waals surface area contributed by atoms with Gasteiger partial charge in [-0.1, -0.05) is 6.07 Å². The van der Waals surface area contributed by atoms with Gasteiger partial charge in [-0.25, -0.2) is 9.97 Å². The molecular formula is C10H7I2N3. The summed E-state index contributed by atoms with van der Waals surface area (Å²) in [6.45, 7) is 0. The first-order valence-corrected chi connectivity index (χ1v) is 6.40. The molecule has 0 amide bonds. The number of halogens is 2. The van der Waals surface area contributed by atoms with Crippen LogP contribution in [0.5, 0.6) is 0 Å². The monoisotopic (exact) mass is 423 g/mol. The van der Waals surface area contributed by atoms with E-state index in [9.17, 15) is 0 Å². The van der Waals surface area contributed by atoms with Crippen molar-refractivity contribution in [1.82, 2.24) is 9.97 Å². The molecular weight excluding hydrogens is 416 g/mol. The van der Waals surface area contributed by atoms with Gasteiger partial charge in [0, 0.05) is 25.2 Å². The van der Waals surface area contributed by atoms with Crippen LogP contribution < -0.4 is 5.32 Å². The molecule has 0 aliphatic heterocycles. The number of hydrogen-bond acceptors (Lipinski definition) is 3. The molecule has 1 heterocycles. The van der Waals surface area contributed by atoms with E-state index in [1.165, 1.54) is 3.57 Å². The molecule has 15 heavy (non-hydrogen) atoms. The van der Waals surface area contributed by atoms with Crippen molar-refractivity contribution in [2.24, 2.45) is 0 Å². The lowest BCUT2D eigenvalue weighted by Crippen LogP contribution is -1.96. The Kier molecular flexibility index (Phi) is 3.73. The van der Waals surface area contributed by atoms with Crippen molar-refractivity contribution in [3.63, 3.8) is 0 Å². The zero-order valence-electron chi connectivity index (χ0n) is 7.61. The Morgan fingerprint density at radius 2 is 1.73 bits per heavy atom. The lowest BCUT2D eigenvalue weighted by atomic mass is 10.3. The van der Waals surface area contributed by atoms with E-state index in [0.29, 0.717) is 5.95 Å². The highest BCUT2D eigenvalue weighted by atomic mass is 127. The van der Waals surface area contributed by atoms with Crippen molar-refractivity contribution >= 4 is 56.8 Å². The molecule has 2 aromatic rings. The van der Waals surface area contributed by atoms with E-state index < -0.39 is 0 Å². The van der Waals surface area contributed by atoms with Gasteiger partial charge in [-0.15, -0.1) is 0 Å². The average molecular weight is 423 g/mol. The second-order valence-corrected chi connectivity index (χ2v) is 5.35. The molecule has 0 saturated carbocycles. The molecule has 0 radical (unpaired) electrons. The van der Waals surface area contributed by atoms with Gasteiger partial charge in [0.15, 0.2) is 0 Å². The molecule has 3 nitrogen and oxygen atoms in total. The van der Waals surface area contributed by atoms with E-state index in [1.54, 1.807) is 12.4 Å². The van der Waals surface area contributed by atoms with Crippen LogP contribution in [0.15, 0.2) is 36.7 Å². The topological polar surface area (TPSA) is 37.8 Å². The first-order valence-electron chi connectivity index (χ1n) is 4.24. The van der Waals surface area contributed by atoms with Crippen LogP contribution in [0.25, 0.3) is 0 Å². The van der Waals surface area contributed by atoms with Gasteiger partial charge in [-0.05, 0) is 63.4 Å². The summed E-state index contributed by atoms with van der Waals surface area (Å²) >= 11 is 4.45. The van der Waals surface area contributed by atoms with Crippen molar-refractivity contribution in [2.45, 2.75) is 0 Å². The van der Waals surface area contributed by atoms with E-state index in [1.807, 2.05) is 24.3 Å². The quantitative estimate of drug-likeness (QED) is 0.753. The standard InChI is InChI=1S/C10H7I2N3/c11-7-2-1-3-9(4-7)15-10-13-5-8(12)6-14-10/h1-6H,(H,13,14,15). The van der Waals surface area contributed by atoms with Crippen molar-refractivity contribution in [2.75, 3.05) is 5.32 Å². The van der Waals surface area contributed by atoms with Gasteiger partial charge in [-0.2, -0.15) is 0 Å². The highest BCUT2D eigenvalue weighted by Crippen LogP contribution is 2.15. The zero-order valence-corrected chi connectivity index (χ0v) is 11.9. The van der Waals surface area contributed by atoms with Gasteiger partial charge < -0.3 is 5.32 Å². The minimum absolute atomic E-state index is 0.623. The number of benzene rings is 1. The maximum Gasteiger partial charge on any atom is 0.227 e. The number of rotatable bonds is 2. The largest absolute Gasteiger partial charge is 0.324 e. The smallest absolute Gasteiger partial charge is 0.227 e. The van der Waals surface area contributed by atoms with Gasteiger partial charge in [0.25, 0.3) is 0 Å². The van der Waals surface area contributed by atoms with Crippen LogP contribution >= 0.6 is 45.2 Å². The van der Waals surface area contributed by atoms with Crippen molar-refractivity contribution < 1.29 is 0 Å². The molecule has 76 valence electrons. The second kappa shape index (κ2) is 5.06. The predicted octanol–water partition coefficient (Wildman–Crippen LogP) is 3.43. The molecule has 0 atom stereocenters. The summed E-state index contributed by atoms with van der Waals surface area (Å²) in [6.07, 6.45) is 3.56. The molecule has 2 rings (SSSR count). The SMILES string of the molecule is Ic1cnc(Nc2cccc(I)c2)nc1. The van der Waals surface area contributed by atoms with Gasteiger partial charge in [0.2, 0.25) is 5.95 Å². The maximum absolute atomic E-state index is 4.17. The molecule has 0 aliphatic rings. The minimum atomic E-state index is 0.623. The van der Waals surface area contributed by atoms with Crippen LogP contribution in [0.4, 0.5) is 11.6 Å². The van der Waals surface area contributed by atoms with E-state index in [2.05, 4.69) is 60.5 Å². The summed E-state index contributed by atoms with van der Waals surface area (Å²) in [4.78, 5) is 8.34. The van der Waals surface area contributed by atoms with Crippen LogP contribution in [0, 0.1) is 7.14 Å². The maximum atomic E-state index is 4.17. The van der Waals surface area contributed by atoms with Gasteiger partial charge in [0.05, 0.1) is 0 Å². The lowest BCUT2D eigenvalue weighted by Gasteiger charge is -2.04. The minimum Gasteiger partial charge on any atom is -0.324 e. The summed E-state index contributed by atoms with van der Waals surface area (Å²) in [5, 5.41) is 3.14. The molecule has 1 aromatic heterocycles. The Morgan fingerprint density at radius 3 is 2.40 bits per heavy atom. The molecule has 1 N–H and O–H groups in total. The second-order valence-electron chi connectivity index (χ2n) is 2.86. The fourth-order valence-corrected chi connectivity index (χ4v) is 1.89. The third kappa shape index (κ3) is 3.26. The summed E-state index contributed by atoms with van der Waals surface area (Å²) in [5.41, 5.74) is 1.00. The summed E-state index contributed by atoms with van der Waals surface area (Å²) < 4.78 is 2.21. The Bertz CT molecular complexity index is 456. The Morgan fingerprint density at radius 1 is 1.00 bits per heavy atom. The van der Waals surface area contributed by atoms with Crippen LogP contribution in [0.2, 0.25) is 0 Å². The van der Waals surface area contributed by atoms with E-state index in [4.69, 9.17) is 0 Å². The summed E-state index contributed by atoms with van der Waals surface area (Å²) in [6, 6.07) is 8.07. The molecule has 0 saturated heterocycles. The molecule has 0 unspecified atom stereocenters. The Labute approximate surface area is 115 Å². The number of nitrogens with zero attached hydrogens (tertiary/aromatic N) is 2. The van der Waals surface area contributed by atoms with Crippen molar-refractivity contribution in [3.8, 4) is 0 Å². The normalized spacial score (nSPS) is 10.0. The van der Waals surface area contributed by atoms with Gasteiger partial charge >= 0.3 is 0 Å². The van der Waals surface area contributed by atoms with Gasteiger partial charge in [-0.3, -0.25) is 0 Å². The van der Waals surface area contributed by atoms with Gasteiger partial charge in [0.1, 0.15) is 0 Å². The fourth-order valence-electron chi connectivity index (χ4n) is 1.07. The Balaban J connectivity index is 2.18. The lowest BCUT2D eigenvalue weighted by molar-refractivity contribution is 1.15. The molecule has 5 heteroatoms. The van der Waals surface area contributed by atoms with E-state index in [0.717, 1.165) is 9.26 Å². The summed E-state index contributed by atoms with van der Waals surface area (Å²) in [5.74, 6) is 0.623.